The molecule has 0 radical (unpaired) electrons. The van der Waals surface area contributed by atoms with Gasteiger partial charge in [-0.15, -0.1) is 0 Å². The summed E-state index contributed by atoms with van der Waals surface area (Å²) in [5, 5.41) is 0. The topological polar surface area (TPSA) is 65.1 Å². The van der Waals surface area contributed by atoms with Crippen LogP contribution in [0.5, 0.6) is 17.2 Å². The zero-order valence-corrected chi connectivity index (χ0v) is 14.8. The van der Waals surface area contributed by atoms with Gasteiger partial charge in [0.25, 0.3) is 0 Å². The number of allylic oxidation sites excluding steroid dienone is 1. The average molecular weight is 353 g/mol. The number of ketones is 1. The van der Waals surface area contributed by atoms with E-state index in [0.29, 0.717) is 23.7 Å². The van der Waals surface area contributed by atoms with Crippen LogP contribution in [0.4, 0.5) is 4.79 Å². The Morgan fingerprint density at radius 1 is 1.12 bits per heavy atom. The van der Waals surface area contributed by atoms with Gasteiger partial charge in [-0.3, -0.25) is 4.79 Å². The highest BCUT2D eigenvalue weighted by atomic mass is 16.6. The van der Waals surface area contributed by atoms with Crippen molar-refractivity contribution < 1.29 is 23.8 Å². The zero-order valence-electron chi connectivity index (χ0n) is 14.8. The minimum Gasteiger partial charge on any atom is -0.494 e. The Kier molecular flexibility index (Phi) is 4.93. The largest absolute Gasteiger partial charge is 0.494 e. The van der Waals surface area contributed by atoms with Crippen molar-refractivity contribution in [3.05, 3.63) is 59.4 Å². The van der Waals surface area contributed by atoms with E-state index < -0.39 is 6.09 Å². The van der Waals surface area contributed by atoms with Crippen LogP contribution in [0.2, 0.25) is 0 Å². The maximum Gasteiger partial charge on any atom is 0.414 e. The molecule has 1 aliphatic heterocycles. The quantitative estimate of drug-likeness (QED) is 0.783. The molecule has 2 aromatic carbocycles. The van der Waals surface area contributed by atoms with Gasteiger partial charge in [0, 0.05) is 20.2 Å². The highest BCUT2D eigenvalue weighted by molar-refractivity contribution is 6.14. The molecule has 0 bridgehead atoms. The summed E-state index contributed by atoms with van der Waals surface area (Å²) < 4.78 is 16.2. The van der Waals surface area contributed by atoms with E-state index in [-0.39, 0.29) is 11.5 Å². The molecule has 0 spiro atoms. The second-order valence-electron chi connectivity index (χ2n) is 5.86. The Hall–Kier alpha value is -3.28. The fourth-order valence-corrected chi connectivity index (χ4v) is 2.40. The van der Waals surface area contributed by atoms with E-state index in [9.17, 15) is 9.59 Å². The van der Waals surface area contributed by atoms with E-state index in [1.807, 2.05) is 31.2 Å². The molecule has 0 saturated carbocycles. The summed E-state index contributed by atoms with van der Waals surface area (Å²) >= 11 is 0. The van der Waals surface area contributed by atoms with E-state index >= 15 is 0 Å². The Morgan fingerprint density at radius 2 is 1.81 bits per heavy atom. The van der Waals surface area contributed by atoms with Gasteiger partial charge in [0.05, 0.1) is 12.2 Å². The molecule has 3 rings (SSSR count). The van der Waals surface area contributed by atoms with Crippen LogP contribution in [-0.2, 0) is 0 Å². The minimum atomic E-state index is -0.501. The number of nitrogens with zero attached hydrogens (tertiary/aromatic N) is 1. The molecule has 0 aliphatic carbocycles. The summed E-state index contributed by atoms with van der Waals surface area (Å²) in [5.41, 5.74) is 1.26. The normalized spacial score (nSPS) is 14.0. The van der Waals surface area contributed by atoms with Crippen LogP contribution >= 0.6 is 0 Å². The van der Waals surface area contributed by atoms with E-state index in [1.165, 1.54) is 11.0 Å². The Bertz CT molecular complexity index is 868. The van der Waals surface area contributed by atoms with Crippen LogP contribution in [0.15, 0.2) is 48.2 Å². The van der Waals surface area contributed by atoms with Crippen molar-refractivity contribution in [1.29, 1.82) is 0 Å². The molecule has 0 aromatic heterocycles. The summed E-state index contributed by atoms with van der Waals surface area (Å²) in [6, 6.07) is 12.1. The van der Waals surface area contributed by atoms with Crippen molar-refractivity contribution >= 4 is 18.0 Å². The van der Waals surface area contributed by atoms with Crippen molar-refractivity contribution in [3.8, 4) is 17.2 Å². The summed E-state index contributed by atoms with van der Waals surface area (Å²) in [6.07, 6.45) is 1.17. The zero-order chi connectivity index (χ0) is 18.7. The minimum absolute atomic E-state index is 0.209. The number of Topliss-reactive ketones (excluding diaryl/α,β-unsaturated/α-hetero) is 1. The van der Waals surface area contributed by atoms with Gasteiger partial charge >= 0.3 is 6.09 Å². The lowest BCUT2D eigenvalue weighted by Crippen LogP contribution is -2.25. The number of amides is 1. The molecule has 0 fully saturated rings. The third-order valence-electron chi connectivity index (χ3n) is 3.70. The first-order valence-electron chi connectivity index (χ1n) is 8.18. The summed E-state index contributed by atoms with van der Waals surface area (Å²) in [6.45, 7) is 2.51. The monoisotopic (exact) mass is 353 g/mol. The molecular formula is C20H19NO5. The molecule has 134 valence electrons. The van der Waals surface area contributed by atoms with Crippen LogP contribution in [0, 0.1) is 0 Å². The van der Waals surface area contributed by atoms with E-state index in [0.717, 1.165) is 11.3 Å². The first kappa shape index (κ1) is 17.5. The summed E-state index contributed by atoms with van der Waals surface area (Å²) in [5.74, 6) is 1.47. The second kappa shape index (κ2) is 7.31. The number of hydrogen-bond donors (Lipinski definition) is 0. The first-order chi connectivity index (χ1) is 12.5. The van der Waals surface area contributed by atoms with Gasteiger partial charge in [-0.2, -0.15) is 0 Å². The standard InChI is InChI=1S/C20H19NO5/c1-4-24-14-7-5-13(6-8-14)11-18-19(22)16-10-9-15(12-17(16)26-18)25-20(23)21(2)3/h5-12H,4H2,1-3H3/b18-11-. The van der Waals surface area contributed by atoms with Gasteiger partial charge in [0.2, 0.25) is 5.78 Å². The predicted octanol–water partition coefficient (Wildman–Crippen LogP) is 3.76. The van der Waals surface area contributed by atoms with Crippen LogP contribution < -0.4 is 14.2 Å². The predicted molar refractivity (Wildman–Crippen MR) is 96.7 cm³/mol. The number of ether oxygens (including phenoxy) is 3. The third-order valence-corrected chi connectivity index (χ3v) is 3.70. The van der Waals surface area contributed by atoms with Crippen molar-refractivity contribution in [2.24, 2.45) is 0 Å². The third kappa shape index (κ3) is 3.69. The number of rotatable bonds is 4. The maximum atomic E-state index is 12.5. The molecule has 26 heavy (non-hydrogen) atoms. The molecule has 0 atom stereocenters. The highest BCUT2D eigenvalue weighted by Crippen LogP contribution is 2.35. The first-order valence-corrected chi connectivity index (χ1v) is 8.18. The molecule has 6 nitrogen and oxygen atoms in total. The number of hydrogen-bond acceptors (Lipinski definition) is 5. The lowest BCUT2D eigenvalue weighted by Gasteiger charge is -2.10. The van der Waals surface area contributed by atoms with Crippen LogP contribution in [0.3, 0.4) is 0 Å². The Balaban J connectivity index is 1.79. The van der Waals surface area contributed by atoms with Gasteiger partial charge in [0.1, 0.15) is 17.2 Å². The summed E-state index contributed by atoms with van der Waals surface area (Å²) in [4.78, 5) is 25.4. The summed E-state index contributed by atoms with van der Waals surface area (Å²) in [7, 11) is 3.18. The molecule has 6 heteroatoms. The molecule has 1 heterocycles. The number of carbonyl (C=O) groups excluding carboxylic acids is 2. The lowest BCUT2D eigenvalue weighted by molar-refractivity contribution is 0.101. The van der Waals surface area contributed by atoms with Crippen LogP contribution in [-0.4, -0.2) is 37.5 Å². The lowest BCUT2D eigenvalue weighted by atomic mass is 10.1. The van der Waals surface area contributed by atoms with Crippen LogP contribution in [0.25, 0.3) is 6.08 Å². The number of carbonyl (C=O) groups is 2. The fraction of sp³-hybridized carbons (Fsp3) is 0.200. The molecule has 0 unspecified atom stereocenters. The molecule has 0 N–H and O–H groups in total. The average Bonchev–Trinajstić information content (AvgIpc) is 2.92. The van der Waals surface area contributed by atoms with Crippen molar-refractivity contribution in [2.75, 3.05) is 20.7 Å². The van der Waals surface area contributed by atoms with Crippen molar-refractivity contribution in [2.45, 2.75) is 6.92 Å². The molecule has 0 saturated heterocycles. The van der Waals surface area contributed by atoms with Crippen molar-refractivity contribution in [1.82, 2.24) is 4.90 Å². The van der Waals surface area contributed by atoms with Gasteiger partial charge in [-0.25, -0.2) is 4.79 Å². The smallest absolute Gasteiger partial charge is 0.414 e. The van der Waals surface area contributed by atoms with Crippen LogP contribution in [0.1, 0.15) is 22.8 Å². The van der Waals surface area contributed by atoms with E-state index in [4.69, 9.17) is 14.2 Å². The number of benzene rings is 2. The second-order valence-corrected chi connectivity index (χ2v) is 5.86. The number of fused-ring (bicyclic) bond motifs is 1. The molecular weight excluding hydrogens is 334 g/mol. The van der Waals surface area contributed by atoms with Gasteiger partial charge < -0.3 is 19.1 Å². The maximum absolute atomic E-state index is 12.5. The highest BCUT2D eigenvalue weighted by Gasteiger charge is 2.28. The fourth-order valence-electron chi connectivity index (χ4n) is 2.40. The van der Waals surface area contributed by atoms with Crippen molar-refractivity contribution in [3.63, 3.8) is 0 Å². The van der Waals surface area contributed by atoms with Gasteiger partial charge in [-0.05, 0) is 42.8 Å². The SMILES string of the molecule is CCOc1ccc(/C=C2\Oc3cc(OC(=O)N(C)C)ccc3C2=O)cc1. The molecule has 1 amide bonds. The molecule has 1 aliphatic rings. The Morgan fingerprint density at radius 3 is 2.46 bits per heavy atom. The van der Waals surface area contributed by atoms with Gasteiger partial charge in [-0.1, -0.05) is 12.1 Å². The van der Waals surface area contributed by atoms with Gasteiger partial charge in [0.15, 0.2) is 5.76 Å². The van der Waals surface area contributed by atoms with E-state index in [1.54, 1.807) is 32.3 Å². The Labute approximate surface area is 151 Å². The van der Waals surface area contributed by atoms with E-state index in [2.05, 4.69) is 0 Å². The molecule has 2 aromatic rings.